The van der Waals surface area contributed by atoms with Crippen LogP contribution in [0.3, 0.4) is 0 Å². The Morgan fingerprint density at radius 3 is 2.34 bits per heavy atom. The highest BCUT2D eigenvalue weighted by atomic mass is 35.5. The van der Waals surface area contributed by atoms with Crippen molar-refractivity contribution in [2.45, 2.75) is 40.7 Å². The highest BCUT2D eigenvalue weighted by molar-refractivity contribution is 7.51. The van der Waals surface area contributed by atoms with E-state index in [0.717, 1.165) is 11.4 Å². The van der Waals surface area contributed by atoms with Gasteiger partial charge in [-0.05, 0) is 46.2 Å². The number of carboxylic acid groups (broad SMARTS) is 1. The summed E-state index contributed by atoms with van der Waals surface area (Å²) in [6.45, 7) is 11.4. The van der Waals surface area contributed by atoms with E-state index in [4.69, 9.17) is 30.9 Å². The number of piperazine rings is 1. The van der Waals surface area contributed by atoms with E-state index in [9.17, 15) is 14.2 Å². The van der Waals surface area contributed by atoms with Gasteiger partial charge in [-0.25, -0.2) is 29.0 Å². The van der Waals surface area contributed by atoms with Gasteiger partial charge < -0.3 is 25.7 Å². The van der Waals surface area contributed by atoms with Crippen LogP contribution in [-0.2, 0) is 18.4 Å². The smallest absolute Gasteiger partial charge is 0.408 e. The summed E-state index contributed by atoms with van der Waals surface area (Å²) in [6, 6.07) is 7.28. The van der Waals surface area contributed by atoms with Gasteiger partial charge in [-0.15, -0.1) is 0 Å². The maximum atomic E-state index is 13.1. The van der Waals surface area contributed by atoms with Crippen molar-refractivity contribution in [1.82, 2.24) is 19.6 Å². The molecule has 0 spiro atoms. The number of para-hydroxylation sites is 1. The third-order valence-electron chi connectivity index (χ3n) is 6.12. The number of aliphatic carboxylic acids is 1. The van der Waals surface area contributed by atoms with Crippen molar-refractivity contribution < 1.29 is 33.4 Å². The predicted molar refractivity (Wildman–Crippen MR) is 170 cm³/mol. The summed E-state index contributed by atoms with van der Waals surface area (Å²) in [6.07, 6.45) is 0.280. The highest BCUT2D eigenvalue weighted by Crippen LogP contribution is 2.52. The minimum Gasteiger partial charge on any atom is -0.479 e. The fourth-order valence-electron chi connectivity index (χ4n) is 3.99. The first kappa shape index (κ1) is 35.3. The second-order valence-corrected chi connectivity index (χ2v) is 12.9. The normalized spacial score (nSPS) is 14.4. The number of amides is 1. The number of carboxylic acids is 1. The minimum atomic E-state index is -3.30. The van der Waals surface area contributed by atoms with Crippen LogP contribution in [-0.4, -0.2) is 87.2 Å². The first-order valence-electron chi connectivity index (χ1n) is 13.8. The summed E-state index contributed by atoms with van der Waals surface area (Å²) in [5.74, 6) is 0.416. The molecule has 3 heterocycles. The van der Waals surface area contributed by atoms with E-state index in [0.29, 0.717) is 71.8 Å². The second-order valence-electron chi connectivity index (χ2n) is 9.46. The molecule has 1 saturated heterocycles. The molecule has 14 nitrogen and oxygen atoms in total. The average Bonchev–Trinajstić information content (AvgIpc) is 3.44. The molecule has 1 unspecified atom stereocenters. The molecular weight excluding hydrogens is 633 g/mol. The lowest BCUT2D eigenvalue weighted by molar-refractivity contribution is -0.145. The van der Waals surface area contributed by atoms with Crippen molar-refractivity contribution in [3.8, 4) is 0 Å². The number of aliphatic hydroxyl groups excluding tert-OH is 1. The molecule has 1 fully saturated rings. The number of aromatic nitrogens is 3. The molecular formula is C27H37ClN7O7PS. The first-order chi connectivity index (χ1) is 20.9. The number of halogens is 1. The Balaban J connectivity index is 0.000000801. The number of aliphatic hydroxyl groups is 1. The van der Waals surface area contributed by atoms with Gasteiger partial charge in [-0.2, -0.15) is 0 Å². The largest absolute Gasteiger partial charge is 0.479 e. The first-order valence-corrected chi connectivity index (χ1v) is 16.5. The zero-order valence-electron chi connectivity index (χ0n) is 25.1. The molecule has 1 atom stereocenters. The lowest BCUT2D eigenvalue weighted by atomic mass is 10.2. The number of thiazole rings is 1. The zero-order valence-corrected chi connectivity index (χ0v) is 27.6. The summed E-state index contributed by atoms with van der Waals surface area (Å²) >= 11 is 7.45. The van der Waals surface area contributed by atoms with Gasteiger partial charge in [0.05, 0.1) is 30.1 Å². The number of hydrogen-bond acceptors (Lipinski definition) is 12. The average molecular weight is 670 g/mol. The van der Waals surface area contributed by atoms with Crippen LogP contribution in [0.4, 0.5) is 22.5 Å². The number of hydrogen-bond donors (Lipinski definition) is 4. The van der Waals surface area contributed by atoms with Crippen LogP contribution in [0.5, 0.6) is 0 Å². The molecule has 0 bridgehead atoms. The Morgan fingerprint density at radius 1 is 1.14 bits per heavy atom. The van der Waals surface area contributed by atoms with Crippen molar-refractivity contribution in [3.63, 3.8) is 0 Å². The number of rotatable bonds is 11. The Hall–Kier alpha value is -3.17. The SMILES string of the molecule is CC(O)C(=O)O.CCOP(=O)(OCC)N1CCN(c2cc(Nc3ncc(C(=O)Nc4c(C)cccc4Cl)s3)nc(C)n2)CC1. The molecule has 1 aliphatic heterocycles. The molecule has 0 radical (unpaired) electrons. The van der Waals surface area contributed by atoms with Crippen molar-refractivity contribution in [3.05, 3.63) is 51.7 Å². The molecule has 1 amide bonds. The molecule has 1 aromatic carbocycles. The molecule has 0 aliphatic carbocycles. The quantitative estimate of drug-likeness (QED) is 0.202. The monoisotopic (exact) mass is 669 g/mol. The molecule has 4 N–H and O–H groups in total. The summed E-state index contributed by atoms with van der Waals surface area (Å²) in [7, 11) is -3.30. The third kappa shape index (κ3) is 9.66. The zero-order chi connectivity index (χ0) is 32.4. The topological polar surface area (TPSA) is 179 Å². The lowest BCUT2D eigenvalue weighted by Gasteiger charge is -2.37. The van der Waals surface area contributed by atoms with Crippen LogP contribution in [0.2, 0.25) is 5.02 Å². The van der Waals surface area contributed by atoms with Gasteiger partial charge >= 0.3 is 13.7 Å². The van der Waals surface area contributed by atoms with Crippen LogP contribution in [0.25, 0.3) is 0 Å². The fraction of sp³-hybridized carbons (Fsp3) is 0.444. The predicted octanol–water partition coefficient (Wildman–Crippen LogP) is 4.95. The van der Waals surface area contributed by atoms with Gasteiger partial charge in [0.1, 0.15) is 28.4 Å². The van der Waals surface area contributed by atoms with E-state index in [2.05, 4.69) is 30.5 Å². The van der Waals surface area contributed by atoms with Gasteiger partial charge in [0.15, 0.2) is 5.13 Å². The Labute approximate surface area is 265 Å². The van der Waals surface area contributed by atoms with E-state index in [1.54, 1.807) is 24.6 Å². The Morgan fingerprint density at radius 2 is 1.77 bits per heavy atom. The maximum Gasteiger partial charge on any atom is 0.408 e. The van der Waals surface area contributed by atoms with Crippen LogP contribution in [0.15, 0.2) is 30.5 Å². The highest BCUT2D eigenvalue weighted by Gasteiger charge is 2.35. The molecule has 44 heavy (non-hydrogen) atoms. The summed E-state index contributed by atoms with van der Waals surface area (Å²) in [5, 5.41) is 22.8. The molecule has 4 rings (SSSR count). The molecule has 2 aromatic heterocycles. The standard InChI is InChI=1S/C24H31ClN7O4PS.C3H6O3/c1-5-35-37(34,36-6-2)32-12-10-31(11-13-32)21-14-20(27-17(4)28-21)29-24-26-15-19(38-24)23(33)30-22-16(3)8-7-9-18(22)25;1-2(4)3(5)6/h7-9,14-15H,5-6,10-13H2,1-4H3,(H,30,33)(H,26,27,28,29);2,4H,1H3,(H,5,6). The fourth-order valence-corrected chi connectivity index (χ4v) is 6.70. The summed E-state index contributed by atoms with van der Waals surface area (Å²) < 4.78 is 25.8. The number of anilines is 4. The van der Waals surface area contributed by atoms with E-state index in [-0.39, 0.29) is 5.91 Å². The van der Waals surface area contributed by atoms with Crippen LogP contribution < -0.4 is 15.5 Å². The minimum absolute atomic E-state index is 0.291. The Bertz CT molecular complexity index is 1450. The van der Waals surface area contributed by atoms with E-state index in [1.165, 1.54) is 24.5 Å². The number of nitrogens with one attached hydrogen (secondary N) is 2. The summed E-state index contributed by atoms with van der Waals surface area (Å²) in [4.78, 5) is 38.2. The number of benzene rings is 1. The van der Waals surface area contributed by atoms with E-state index < -0.39 is 19.8 Å². The van der Waals surface area contributed by atoms with Gasteiger partial charge in [0.2, 0.25) is 0 Å². The third-order valence-corrected chi connectivity index (χ3v) is 9.61. The number of aryl methyl sites for hydroxylation is 2. The summed E-state index contributed by atoms with van der Waals surface area (Å²) in [5.41, 5.74) is 1.45. The Kier molecular flexibility index (Phi) is 13.0. The van der Waals surface area contributed by atoms with Gasteiger partial charge in [-0.1, -0.05) is 35.1 Å². The number of carbonyl (C=O) groups is 2. The van der Waals surface area contributed by atoms with Gasteiger partial charge in [0, 0.05) is 32.2 Å². The van der Waals surface area contributed by atoms with Crippen molar-refractivity contribution in [2.75, 3.05) is 54.9 Å². The van der Waals surface area contributed by atoms with Crippen LogP contribution >= 0.6 is 30.7 Å². The number of nitrogens with zero attached hydrogens (tertiary/aromatic N) is 5. The van der Waals surface area contributed by atoms with Crippen molar-refractivity contribution in [2.24, 2.45) is 0 Å². The molecule has 1 aliphatic rings. The molecule has 0 saturated carbocycles. The maximum absolute atomic E-state index is 13.1. The molecule has 17 heteroatoms. The van der Waals surface area contributed by atoms with E-state index >= 15 is 0 Å². The van der Waals surface area contributed by atoms with Gasteiger partial charge in [0.25, 0.3) is 5.91 Å². The van der Waals surface area contributed by atoms with Crippen LogP contribution in [0.1, 0.15) is 41.8 Å². The molecule has 3 aromatic rings. The lowest BCUT2D eigenvalue weighted by Crippen LogP contribution is -2.45. The van der Waals surface area contributed by atoms with Gasteiger partial charge in [-0.3, -0.25) is 13.8 Å². The van der Waals surface area contributed by atoms with Crippen molar-refractivity contribution >= 4 is 65.0 Å². The van der Waals surface area contributed by atoms with Crippen molar-refractivity contribution in [1.29, 1.82) is 0 Å². The molecule has 240 valence electrons. The number of carbonyl (C=O) groups excluding carboxylic acids is 1. The van der Waals surface area contributed by atoms with E-state index in [1.807, 2.05) is 32.0 Å². The van der Waals surface area contributed by atoms with Crippen LogP contribution in [0, 0.1) is 13.8 Å². The second kappa shape index (κ2) is 16.2.